The smallest absolute Gasteiger partial charge is 0.257 e. The summed E-state index contributed by atoms with van der Waals surface area (Å²) in [4.78, 5) is 17.2. The Labute approximate surface area is 231 Å². The zero-order valence-electron chi connectivity index (χ0n) is 19.2. The van der Waals surface area contributed by atoms with Crippen LogP contribution in [0.4, 0.5) is 5.69 Å². The number of fused-ring (bicyclic) bond motifs is 1. The van der Waals surface area contributed by atoms with Crippen molar-refractivity contribution in [1.29, 1.82) is 0 Å². The standard InChI is InChI=1S/C28H19BrClN3O3S/c29-19-8-12-23(30)22(14-19)27-32-24-15-20(9-13-25(24)36-27)31-28(37)33-26(34)18-6-10-21(11-7-18)35-16-17-4-2-1-3-5-17/h1-15H,16H2,(H2,31,33,34,37). The molecule has 5 aromatic rings. The average molecular weight is 593 g/mol. The summed E-state index contributed by atoms with van der Waals surface area (Å²) in [6.45, 7) is 0.452. The molecule has 0 atom stereocenters. The van der Waals surface area contributed by atoms with Crippen molar-refractivity contribution in [1.82, 2.24) is 10.3 Å². The Morgan fingerprint density at radius 3 is 2.57 bits per heavy atom. The number of anilines is 1. The van der Waals surface area contributed by atoms with Crippen molar-refractivity contribution in [2.75, 3.05) is 5.32 Å². The van der Waals surface area contributed by atoms with E-state index in [4.69, 9.17) is 33.0 Å². The van der Waals surface area contributed by atoms with Crippen molar-refractivity contribution >= 4 is 67.6 Å². The number of nitrogens with zero attached hydrogens (tertiary/aromatic N) is 1. The molecule has 0 fully saturated rings. The number of hydrogen-bond donors (Lipinski definition) is 2. The van der Waals surface area contributed by atoms with Gasteiger partial charge in [0, 0.05) is 15.7 Å². The molecular formula is C28H19BrClN3O3S. The highest BCUT2D eigenvalue weighted by molar-refractivity contribution is 9.10. The third-order valence-corrected chi connectivity index (χ3v) is 6.42. The molecule has 0 aliphatic heterocycles. The van der Waals surface area contributed by atoms with Gasteiger partial charge in [0.05, 0.1) is 10.6 Å². The van der Waals surface area contributed by atoms with E-state index in [0.29, 0.717) is 51.2 Å². The summed E-state index contributed by atoms with van der Waals surface area (Å²) < 4.78 is 12.5. The van der Waals surface area contributed by atoms with E-state index in [0.717, 1.165) is 10.0 Å². The summed E-state index contributed by atoms with van der Waals surface area (Å²) in [6, 6.07) is 27.6. The Morgan fingerprint density at radius 1 is 1.00 bits per heavy atom. The van der Waals surface area contributed by atoms with Gasteiger partial charge in [0.15, 0.2) is 10.7 Å². The molecule has 0 bridgehead atoms. The molecule has 4 aromatic carbocycles. The van der Waals surface area contributed by atoms with Crippen molar-refractivity contribution in [2.24, 2.45) is 0 Å². The van der Waals surface area contributed by atoms with E-state index in [-0.39, 0.29) is 11.0 Å². The topological polar surface area (TPSA) is 76.4 Å². The Morgan fingerprint density at radius 2 is 1.78 bits per heavy atom. The molecule has 2 N–H and O–H groups in total. The van der Waals surface area contributed by atoms with Crippen molar-refractivity contribution in [3.8, 4) is 17.2 Å². The number of rotatable bonds is 6. The fourth-order valence-corrected chi connectivity index (χ4v) is 4.33. The molecule has 0 saturated carbocycles. The van der Waals surface area contributed by atoms with Crippen molar-refractivity contribution in [3.63, 3.8) is 0 Å². The lowest BCUT2D eigenvalue weighted by Crippen LogP contribution is -2.34. The van der Waals surface area contributed by atoms with E-state index in [1.807, 2.05) is 42.5 Å². The van der Waals surface area contributed by atoms with Crippen LogP contribution in [0.2, 0.25) is 5.02 Å². The van der Waals surface area contributed by atoms with Gasteiger partial charge in [-0.3, -0.25) is 10.1 Å². The van der Waals surface area contributed by atoms with Gasteiger partial charge in [0.1, 0.15) is 17.9 Å². The van der Waals surface area contributed by atoms with Crippen LogP contribution in [0.15, 0.2) is 99.9 Å². The number of amides is 1. The molecule has 184 valence electrons. The number of ether oxygens (including phenoxy) is 1. The predicted molar refractivity (Wildman–Crippen MR) is 153 cm³/mol. The summed E-state index contributed by atoms with van der Waals surface area (Å²) >= 11 is 15.1. The van der Waals surface area contributed by atoms with Crippen molar-refractivity contribution in [3.05, 3.63) is 112 Å². The van der Waals surface area contributed by atoms with Gasteiger partial charge in [-0.25, -0.2) is 4.98 Å². The molecule has 0 unspecified atom stereocenters. The SMILES string of the molecule is O=C(NC(=S)Nc1ccc2oc(-c3cc(Br)ccc3Cl)nc2c1)c1ccc(OCc2ccccc2)cc1. The highest BCUT2D eigenvalue weighted by atomic mass is 79.9. The first-order chi connectivity index (χ1) is 17.9. The van der Waals surface area contributed by atoms with Gasteiger partial charge in [-0.05, 0) is 78.4 Å². The minimum absolute atomic E-state index is 0.160. The van der Waals surface area contributed by atoms with Gasteiger partial charge in [-0.15, -0.1) is 0 Å². The third kappa shape index (κ3) is 6.17. The highest BCUT2D eigenvalue weighted by Gasteiger charge is 2.14. The van der Waals surface area contributed by atoms with Crippen LogP contribution in [0.25, 0.3) is 22.6 Å². The first kappa shape index (κ1) is 25.0. The maximum Gasteiger partial charge on any atom is 0.257 e. The lowest BCUT2D eigenvalue weighted by Gasteiger charge is -2.10. The molecule has 1 amide bonds. The minimum Gasteiger partial charge on any atom is -0.489 e. The number of nitrogens with one attached hydrogen (secondary N) is 2. The molecule has 6 nitrogen and oxygen atoms in total. The maximum atomic E-state index is 12.6. The van der Waals surface area contributed by atoms with Crippen LogP contribution in [0.1, 0.15) is 15.9 Å². The molecule has 0 spiro atoms. The zero-order chi connectivity index (χ0) is 25.8. The number of oxazole rings is 1. The van der Waals surface area contributed by atoms with E-state index < -0.39 is 0 Å². The predicted octanol–water partition coefficient (Wildman–Crippen LogP) is 7.62. The molecule has 5 rings (SSSR count). The highest BCUT2D eigenvalue weighted by Crippen LogP contribution is 2.33. The molecule has 37 heavy (non-hydrogen) atoms. The minimum atomic E-state index is -0.332. The lowest BCUT2D eigenvalue weighted by atomic mass is 10.2. The first-order valence-corrected chi connectivity index (χ1v) is 12.8. The number of halogens is 2. The van der Waals surface area contributed by atoms with Gasteiger partial charge < -0.3 is 14.5 Å². The summed E-state index contributed by atoms with van der Waals surface area (Å²) in [5, 5.41) is 6.40. The second-order valence-corrected chi connectivity index (χ2v) is 9.76. The molecule has 1 aromatic heterocycles. The fraction of sp³-hybridized carbons (Fsp3) is 0.0357. The molecule has 9 heteroatoms. The third-order valence-electron chi connectivity index (χ3n) is 5.40. The molecule has 0 aliphatic rings. The second kappa shape index (κ2) is 11.1. The lowest BCUT2D eigenvalue weighted by molar-refractivity contribution is 0.0977. The number of carbonyl (C=O) groups excluding carboxylic acids is 1. The number of thiocarbonyl (C=S) groups is 1. The van der Waals surface area contributed by atoms with Gasteiger partial charge >= 0.3 is 0 Å². The van der Waals surface area contributed by atoms with Crippen LogP contribution >= 0.6 is 39.7 Å². The molecule has 0 saturated heterocycles. The van der Waals surface area contributed by atoms with E-state index in [1.54, 1.807) is 48.5 Å². The van der Waals surface area contributed by atoms with E-state index >= 15 is 0 Å². The van der Waals surface area contributed by atoms with Crippen LogP contribution < -0.4 is 15.4 Å². The maximum absolute atomic E-state index is 12.6. The van der Waals surface area contributed by atoms with Gasteiger partial charge in [-0.1, -0.05) is 57.9 Å². The van der Waals surface area contributed by atoms with Crippen LogP contribution in [-0.2, 0) is 6.61 Å². The Hall–Kier alpha value is -3.72. The molecular weight excluding hydrogens is 574 g/mol. The molecule has 0 aliphatic carbocycles. The van der Waals surface area contributed by atoms with E-state index in [1.165, 1.54) is 0 Å². The summed E-state index contributed by atoms with van der Waals surface area (Å²) in [7, 11) is 0. The van der Waals surface area contributed by atoms with Crippen LogP contribution in [0.5, 0.6) is 5.75 Å². The first-order valence-electron chi connectivity index (χ1n) is 11.2. The number of aromatic nitrogens is 1. The van der Waals surface area contributed by atoms with E-state index in [9.17, 15) is 4.79 Å². The number of carbonyl (C=O) groups is 1. The monoisotopic (exact) mass is 591 g/mol. The number of hydrogen-bond acceptors (Lipinski definition) is 5. The van der Waals surface area contributed by atoms with Gasteiger partial charge in [0.25, 0.3) is 5.91 Å². The van der Waals surface area contributed by atoms with Crippen LogP contribution in [-0.4, -0.2) is 16.0 Å². The van der Waals surface area contributed by atoms with Crippen molar-refractivity contribution < 1.29 is 13.9 Å². The number of benzene rings is 4. The zero-order valence-corrected chi connectivity index (χ0v) is 22.4. The summed E-state index contributed by atoms with van der Waals surface area (Å²) in [5.74, 6) is 0.747. The largest absolute Gasteiger partial charge is 0.489 e. The van der Waals surface area contributed by atoms with Crippen LogP contribution in [0.3, 0.4) is 0 Å². The van der Waals surface area contributed by atoms with Gasteiger partial charge in [-0.2, -0.15) is 0 Å². The Kier molecular flexibility index (Phi) is 7.50. The molecule has 1 heterocycles. The Balaban J connectivity index is 1.20. The fourth-order valence-electron chi connectivity index (χ4n) is 3.56. The van der Waals surface area contributed by atoms with Crippen molar-refractivity contribution in [2.45, 2.75) is 6.61 Å². The quantitative estimate of drug-likeness (QED) is 0.198. The van der Waals surface area contributed by atoms with E-state index in [2.05, 4.69) is 31.5 Å². The second-order valence-electron chi connectivity index (χ2n) is 8.03. The Bertz CT molecular complexity index is 1590. The van der Waals surface area contributed by atoms with Crippen LogP contribution in [0, 0.1) is 0 Å². The molecule has 0 radical (unpaired) electrons. The van der Waals surface area contributed by atoms with Gasteiger partial charge in [0.2, 0.25) is 5.89 Å². The summed E-state index contributed by atoms with van der Waals surface area (Å²) in [6.07, 6.45) is 0. The normalized spacial score (nSPS) is 10.8. The average Bonchev–Trinajstić information content (AvgIpc) is 3.33. The summed E-state index contributed by atoms with van der Waals surface area (Å²) in [5.41, 5.74) is 4.08.